The molecule has 0 radical (unpaired) electrons. The smallest absolute Gasteiger partial charge is 0.265 e. The number of sulfonamides is 1. The van der Waals surface area contributed by atoms with Crippen molar-refractivity contribution in [3.8, 4) is 0 Å². The van der Waals surface area contributed by atoms with Gasteiger partial charge in [-0.1, -0.05) is 29.8 Å². The first kappa shape index (κ1) is 23.6. The van der Waals surface area contributed by atoms with E-state index in [1.54, 1.807) is 50.2 Å². The molecule has 0 unspecified atom stereocenters. The van der Waals surface area contributed by atoms with Crippen molar-refractivity contribution >= 4 is 44.5 Å². The van der Waals surface area contributed by atoms with Crippen molar-refractivity contribution in [1.29, 1.82) is 0 Å². The van der Waals surface area contributed by atoms with Crippen molar-refractivity contribution in [2.45, 2.75) is 32.1 Å². The van der Waals surface area contributed by atoms with Crippen LogP contribution in [-0.4, -0.2) is 26.8 Å². The highest BCUT2D eigenvalue weighted by Crippen LogP contribution is 2.22. The second-order valence-corrected chi connectivity index (χ2v) is 10.1. The number of aryl methyl sites for hydroxylation is 3. The molecule has 0 fully saturated rings. The molecule has 1 aromatic heterocycles. The largest absolute Gasteiger partial charge is 0.326 e. The molecule has 0 saturated heterocycles. The van der Waals surface area contributed by atoms with Crippen molar-refractivity contribution < 1.29 is 18.0 Å². The Morgan fingerprint density at radius 2 is 1.56 bits per heavy atom. The molecule has 0 saturated carbocycles. The third kappa shape index (κ3) is 6.03. The maximum atomic E-state index is 12.7. The summed E-state index contributed by atoms with van der Waals surface area (Å²) in [5, 5.41) is 7.33. The third-order valence-electron chi connectivity index (χ3n) is 4.67. The van der Waals surface area contributed by atoms with E-state index < -0.39 is 10.0 Å². The summed E-state index contributed by atoms with van der Waals surface area (Å²) in [6.07, 6.45) is -0.0328. The van der Waals surface area contributed by atoms with Crippen LogP contribution < -0.4 is 15.4 Å². The van der Waals surface area contributed by atoms with E-state index in [1.807, 2.05) is 24.4 Å². The predicted octanol–water partition coefficient (Wildman–Crippen LogP) is 4.23. The first-order valence-electron chi connectivity index (χ1n) is 9.98. The normalized spacial score (nSPS) is 11.2. The van der Waals surface area contributed by atoms with Gasteiger partial charge < -0.3 is 10.6 Å². The summed E-state index contributed by atoms with van der Waals surface area (Å²) in [5.74, 6) is -0.564. The van der Waals surface area contributed by atoms with Gasteiger partial charge in [-0.25, -0.2) is 13.1 Å². The lowest BCUT2D eigenvalue weighted by molar-refractivity contribution is -0.116. The summed E-state index contributed by atoms with van der Waals surface area (Å²) in [4.78, 5) is 25.3. The van der Waals surface area contributed by atoms with E-state index in [4.69, 9.17) is 0 Å². The van der Waals surface area contributed by atoms with Crippen molar-refractivity contribution in [2.75, 3.05) is 17.2 Å². The van der Waals surface area contributed by atoms with Gasteiger partial charge in [0.05, 0.1) is 9.77 Å². The van der Waals surface area contributed by atoms with Gasteiger partial charge in [0.25, 0.3) is 5.91 Å². The second kappa shape index (κ2) is 10.1. The quantitative estimate of drug-likeness (QED) is 0.457. The van der Waals surface area contributed by atoms with Crippen molar-refractivity contribution in [2.24, 2.45) is 0 Å². The van der Waals surface area contributed by atoms with E-state index in [0.29, 0.717) is 27.4 Å². The Balaban J connectivity index is 1.56. The summed E-state index contributed by atoms with van der Waals surface area (Å²) in [7, 11) is -3.73. The minimum Gasteiger partial charge on any atom is -0.326 e. The van der Waals surface area contributed by atoms with Crippen LogP contribution in [0.4, 0.5) is 11.4 Å². The number of carbonyl (C=O) groups excluding carboxylic acids is 2. The maximum absolute atomic E-state index is 12.7. The number of amides is 2. The molecule has 0 spiro atoms. The summed E-state index contributed by atoms with van der Waals surface area (Å²) in [6.45, 7) is 5.39. The van der Waals surface area contributed by atoms with Crippen LogP contribution in [0.15, 0.2) is 58.8 Å². The molecule has 0 aliphatic carbocycles. The molecule has 0 atom stereocenters. The summed E-state index contributed by atoms with van der Waals surface area (Å²) in [5.41, 5.74) is 3.38. The van der Waals surface area contributed by atoms with Crippen LogP contribution in [-0.2, 0) is 14.8 Å². The van der Waals surface area contributed by atoms with Gasteiger partial charge >= 0.3 is 0 Å². The van der Waals surface area contributed by atoms with E-state index in [1.165, 1.54) is 11.3 Å². The zero-order valence-corrected chi connectivity index (χ0v) is 19.7. The number of thiophene rings is 1. The van der Waals surface area contributed by atoms with Crippen LogP contribution in [0.3, 0.4) is 0 Å². The lowest BCUT2D eigenvalue weighted by Gasteiger charge is -2.13. The minimum atomic E-state index is -3.73. The summed E-state index contributed by atoms with van der Waals surface area (Å²) < 4.78 is 27.9. The van der Waals surface area contributed by atoms with Gasteiger partial charge in [0.1, 0.15) is 0 Å². The zero-order chi connectivity index (χ0) is 23.3. The average Bonchev–Trinajstić information content (AvgIpc) is 3.22. The first-order chi connectivity index (χ1) is 15.2. The van der Waals surface area contributed by atoms with E-state index in [9.17, 15) is 18.0 Å². The Kier molecular flexibility index (Phi) is 7.44. The molecule has 3 aromatic rings. The zero-order valence-electron chi connectivity index (χ0n) is 18.1. The highest BCUT2D eigenvalue weighted by atomic mass is 32.2. The topological polar surface area (TPSA) is 104 Å². The molecule has 0 aliphatic heterocycles. The highest BCUT2D eigenvalue weighted by Gasteiger charge is 2.20. The number of carbonyl (C=O) groups is 2. The van der Waals surface area contributed by atoms with Crippen LogP contribution in [0, 0.1) is 20.8 Å². The van der Waals surface area contributed by atoms with Crippen molar-refractivity contribution in [3.63, 3.8) is 0 Å². The van der Waals surface area contributed by atoms with Crippen LogP contribution in [0.1, 0.15) is 32.8 Å². The average molecular weight is 472 g/mol. The van der Waals surface area contributed by atoms with Gasteiger partial charge in [-0.2, -0.15) is 0 Å². The Labute approximate surface area is 191 Å². The molecule has 9 heteroatoms. The Hall–Kier alpha value is -3.01. The molecule has 2 aromatic carbocycles. The molecule has 1 heterocycles. The standard InChI is InChI=1S/C23H25N3O4S2/c1-15-12-16(2)22(17(3)13-15)32(29,30)24-10-9-21(27)25-18-6-4-7-19(14-18)26-23(28)20-8-5-11-31-20/h4-8,11-14,24H,9-10H2,1-3H3,(H,25,27)(H,26,28). The minimum absolute atomic E-state index is 0.0320. The number of hydrogen-bond acceptors (Lipinski definition) is 5. The Morgan fingerprint density at radius 3 is 2.19 bits per heavy atom. The van der Waals surface area contributed by atoms with E-state index in [2.05, 4.69) is 15.4 Å². The van der Waals surface area contributed by atoms with E-state index in [-0.39, 0.29) is 29.7 Å². The van der Waals surface area contributed by atoms with E-state index in [0.717, 1.165) is 5.56 Å². The van der Waals surface area contributed by atoms with Crippen molar-refractivity contribution in [3.05, 3.63) is 75.5 Å². The highest BCUT2D eigenvalue weighted by molar-refractivity contribution is 7.89. The van der Waals surface area contributed by atoms with Gasteiger partial charge in [0.15, 0.2) is 0 Å². The van der Waals surface area contributed by atoms with Crippen LogP contribution in [0.2, 0.25) is 0 Å². The molecule has 2 amide bonds. The number of hydrogen-bond donors (Lipinski definition) is 3. The molecule has 32 heavy (non-hydrogen) atoms. The Bertz CT molecular complexity index is 1210. The molecule has 168 valence electrons. The molecule has 0 bridgehead atoms. The van der Waals surface area contributed by atoms with Gasteiger partial charge in [-0.3, -0.25) is 9.59 Å². The fraction of sp³-hybridized carbons (Fsp3) is 0.217. The third-order valence-corrected chi connectivity index (χ3v) is 7.30. The predicted molar refractivity (Wildman–Crippen MR) is 128 cm³/mol. The van der Waals surface area contributed by atoms with E-state index >= 15 is 0 Å². The summed E-state index contributed by atoms with van der Waals surface area (Å²) in [6, 6.07) is 13.9. The SMILES string of the molecule is Cc1cc(C)c(S(=O)(=O)NCCC(=O)Nc2cccc(NC(=O)c3cccs3)c2)c(C)c1. The number of anilines is 2. The van der Waals surface area contributed by atoms with Crippen LogP contribution >= 0.6 is 11.3 Å². The van der Waals surface area contributed by atoms with Crippen LogP contribution in [0.5, 0.6) is 0 Å². The molecule has 3 rings (SSSR count). The number of benzene rings is 2. The fourth-order valence-corrected chi connectivity index (χ4v) is 5.56. The first-order valence-corrected chi connectivity index (χ1v) is 12.3. The molecular formula is C23H25N3O4S2. The van der Waals surface area contributed by atoms with Crippen molar-refractivity contribution in [1.82, 2.24) is 4.72 Å². The monoisotopic (exact) mass is 471 g/mol. The molecule has 3 N–H and O–H groups in total. The lowest BCUT2D eigenvalue weighted by Crippen LogP contribution is -2.29. The molecule has 0 aliphatic rings. The van der Waals surface area contributed by atoms with Crippen LogP contribution in [0.25, 0.3) is 0 Å². The second-order valence-electron chi connectivity index (χ2n) is 7.44. The van der Waals surface area contributed by atoms with Gasteiger partial charge in [-0.15, -0.1) is 11.3 Å². The molecular weight excluding hydrogens is 446 g/mol. The fourth-order valence-electron chi connectivity index (χ4n) is 3.46. The number of nitrogens with one attached hydrogen (secondary N) is 3. The lowest BCUT2D eigenvalue weighted by atomic mass is 10.1. The van der Waals surface area contributed by atoms with Gasteiger partial charge in [-0.05, 0) is 61.5 Å². The maximum Gasteiger partial charge on any atom is 0.265 e. The van der Waals surface area contributed by atoms with Gasteiger partial charge in [0, 0.05) is 24.3 Å². The summed E-state index contributed by atoms with van der Waals surface area (Å²) >= 11 is 1.34. The Morgan fingerprint density at radius 1 is 0.906 bits per heavy atom. The molecule has 7 nitrogen and oxygen atoms in total. The van der Waals surface area contributed by atoms with Gasteiger partial charge in [0.2, 0.25) is 15.9 Å². The number of rotatable bonds is 8.